The molecule has 1 rings (SSSR count). The zero-order chi connectivity index (χ0) is 14.3. The lowest BCUT2D eigenvalue weighted by Gasteiger charge is -2.33. The van der Waals surface area contributed by atoms with Crippen molar-refractivity contribution in [2.45, 2.75) is 51.6 Å². The zero-order valence-corrected chi connectivity index (χ0v) is 13.2. The number of hydrogen-bond donors (Lipinski definition) is 1. The minimum atomic E-state index is -3.01. The van der Waals surface area contributed by atoms with Crippen molar-refractivity contribution in [3.05, 3.63) is 0 Å². The lowest BCUT2D eigenvalue weighted by molar-refractivity contribution is 0.178. The van der Waals surface area contributed by atoms with E-state index in [9.17, 15) is 8.42 Å². The molecule has 0 spiro atoms. The Hall–Kier alpha value is -0.170. The van der Waals surface area contributed by atoms with E-state index in [1.54, 1.807) is 11.4 Å². The summed E-state index contributed by atoms with van der Waals surface area (Å²) in [6.45, 7) is 6.12. The van der Waals surface area contributed by atoms with Crippen LogP contribution in [0.2, 0.25) is 0 Å². The first-order valence-electron chi connectivity index (χ1n) is 7.22. The Kier molecular flexibility index (Phi) is 7.28. The SMILES string of the molecule is CCCS(=O)(=O)N1CCC(NC(C)CCOC)CC1. The molecule has 114 valence electrons. The van der Waals surface area contributed by atoms with Crippen LogP contribution in [0, 0.1) is 0 Å². The van der Waals surface area contributed by atoms with Crippen LogP contribution in [0.15, 0.2) is 0 Å². The van der Waals surface area contributed by atoms with Gasteiger partial charge in [0, 0.05) is 38.9 Å². The van der Waals surface area contributed by atoms with Crippen molar-refractivity contribution in [3.63, 3.8) is 0 Å². The van der Waals surface area contributed by atoms with Crippen LogP contribution in [0.25, 0.3) is 0 Å². The maximum atomic E-state index is 11.9. The number of piperidine rings is 1. The third-order valence-corrected chi connectivity index (χ3v) is 5.66. The summed E-state index contributed by atoms with van der Waals surface area (Å²) in [5.74, 6) is 0.273. The Labute approximate surface area is 117 Å². The number of hydrogen-bond acceptors (Lipinski definition) is 4. The maximum Gasteiger partial charge on any atom is 0.214 e. The average Bonchev–Trinajstić information content (AvgIpc) is 2.37. The Morgan fingerprint density at radius 3 is 2.53 bits per heavy atom. The molecule has 0 radical (unpaired) electrons. The summed E-state index contributed by atoms with van der Waals surface area (Å²) in [6.07, 6.45) is 3.49. The molecule has 1 saturated heterocycles. The Balaban J connectivity index is 2.33. The van der Waals surface area contributed by atoms with Gasteiger partial charge in [-0.2, -0.15) is 0 Å². The average molecular weight is 292 g/mol. The van der Waals surface area contributed by atoms with E-state index < -0.39 is 10.0 Å². The Morgan fingerprint density at radius 2 is 2.00 bits per heavy atom. The van der Waals surface area contributed by atoms with E-state index in [-0.39, 0.29) is 5.75 Å². The molecule has 5 nitrogen and oxygen atoms in total. The number of nitrogens with zero attached hydrogens (tertiary/aromatic N) is 1. The van der Waals surface area contributed by atoms with Gasteiger partial charge in [-0.1, -0.05) is 6.92 Å². The molecular weight excluding hydrogens is 264 g/mol. The van der Waals surface area contributed by atoms with Crippen LogP contribution >= 0.6 is 0 Å². The molecule has 1 fully saturated rings. The highest BCUT2D eigenvalue weighted by molar-refractivity contribution is 7.89. The van der Waals surface area contributed by atoms with Gasteiger partial charge in [0.25, 0.3) is 0 Å². The molecule has 1 aliphatic rings. The smallest absolute Gasteiger partial charge is 0.214 e. The van der Waals surface area contributed by atoms with Crippen LogP contribution in [-0.4, -0.2) is 57.4 Å². The van der Waals surface area contributed by atoms with Gasteiger partial charge in [-0.3, -0.25) is 0 Å². The van der Waals surface area contributed by atoms with Crippen molar-refractivity contribution in [1.82, 2.24) is 9.62 Å². The first kappa shape index (κ1) is 16.9. The zero-order valence-electron chi connectivity index (χ0n) is 12.4. The van der Waals surface area contributed by atoms with E-state index >= 15 is 0 Å². The third kappa shape index (κ3) is 5.77. The molecule has 0 aliphatic carbocycles. The predicted octanol–water partition coefficient (Wildman–Crippen LogP) is 1.21. The van der Waals surface area contributed by atoms with E-state index in [4.69, 9.17) is 4.74 Å². The van der Waals surface area contributed by atoms with E-state index in [0.29, 0.717) is 31.6 Å². The lowest BCUT2D eigenvalue weighted by atomic mass is 10.1. The fraction of sp³-hybridized carbons (Fsp3) is 1.00. The molecule has 1 heterocycles. The van der Waals surface area contributed by atoms with Gasteiger partial charge in [0.05, 0.1) is 5.75 Å². The van der Waals surface area contributed by atoms with Crippen LogP contribution in [-0.2, 0) is 14.8 Å². The van der Waals surface area contributed by atoms with Crippen molar-refractivity contribution in [2.75, 3.05) is 32.6 Å². The summed E-state index contributed by atoms with van der Waals surface area (Å²) >= 11 is 0. The minimum absolute atomic E-state index is 0.273. The van der Waals surface area contributed by atoms with E-state index in [1.807, 2.05) is 6.92 Å². The summed E-state index contributed by atoms with van der Waals surface area (Å²) in [5, 5.41) is 3.56. The number of methoxy groups -OCH3 is 1. The molecule has 0 aromatic carbocycles. The molecular formula is C13H28N2O3S. The molecule has 6 heteroatoms. The number of ether oxygens (including phenoxy) is 1. The second-order valence-corrected chi connectivity index (χ2v) is 7.43. The topological polar surface area (TPSA) is 58.6 Å². The van der Waals surface area contributed by atoms with Crippen molar-refractivity contribution in [2.24, 2.45) is 0 Å². The number of sulfonamides is 1. The van der Waals surface area contributed by atoms with Crippen molar-refractivity contribution >= 4 is 10.0 Å². The summed E-state index contributed by atoms with van der Waals surface area (Å²) in [5.41, 5.74) is 0. The van der Waals surface area contributed by atoms with E-state index in [1.165, 1.54) is 0 Å². The van der Waals surface area contributed by atoms with Gasteiger partial charge in [0.1, 0.15) is 0 Å². The van der Waals surface area contributed by atoms with Gasteiger partial charge >= 0.3 is 0 Å². The monoisotopic (exact) mass is 292 g/mol. The van der Waals surface area contributed by atoms with Gasteiger partial charge in [-0.25, -0.2) is 12.7 Å². The van der Waals surface area contributed by atoms with Crippen LogP contribution in [0.3, 0.4) is 0 Å². The predicted molar refractivity (Wildman–Crippen MR) is 77.8 cm³/mol. The standard InChI is InChI=1S/C13H28N2O3S/c1-4-11-19(16,17)15-8-5-13(6-9-15)14-12(2)7-10-18-3/h12-14H,4-11H2,1-3H3. The molecule has 1 N–H and O–H groups in total. The quantitative estimate of drug-likeness (QED) is 0.730. The van der Waals surface area contributed by atoms with E-state index in [2.05, 4.69) is 12.2 Å². The molecule has 0 amide bonds. The summed E-state index contributed by atoms with van der Waals surface area (Å²) in [6, 6.07) is 0.851. The normalized spacial score (nSPS) is 20.6. The first-order valence-corrected chi connectivity index (χ1v) is 8.83. The second kappa shape index (κ2) is 8.19. The summed E-state index contributed by atoms with van der Waals surface area (Å²) in [7, 11) is -1.30. The van der Waals surface area contributed by atoms with E-state index in [0.717, 1.165) is 25.9 Å². The Morgan fingerprint density at radius 1 is 1.37 bits per heavy atom. The van der Waals surface area contributed by atoms with Gasteiger partial charge < -0.3 is 10.1 Å². The van der Waals surface area contributed by atoms with Crippen LogP contribution in [0.1, 0.15) is 39.5 Å². The molecule has 19 heavy (non-hydrogen) atoms. The number of nitrogens with one attached hydrogen (secondary N) is 1. The highest BCUT2D eigenvalue weighted by Crippen LogP contribution is 2.15. The fourth-order valence-electron chi connectivity index (χ4n) is 2.47. The van der Waals surface area contributed by atoms with Crippen LogP contribution in [0.4, 0.5) is 0 Å². The molecule has 1 unspecified atom stereocenters. The summed E-state index contributed by atoms with van der Waals surface area (Å²) < 4.78 is 30.6. The highest BCUT2D eigenvalue weighted by atomic mass is 32.2. The Bertz CT molecular complexity index is 338. The molecule has 1 atom stereocenters. The molecule has 0 saturated carbocycles. The van der Waals surface area contributed by atoms with Crippen molar-refractivity contribution in [1.29, 1.82) is 0 Å². The van der Waals surface area contributed by atoms with Crippen molar-refractivity contribution < 1.29 is 13.2 Å². The third-order valence-electron chi connectivity index (χ3n) is 3.58. The van der Waals surface area contributed by atoms with Gasteiger partial charge in [0.15, 0.2) is 0 Å². The highest BCUT2D eigenvalue weighted by Gasteiger charge is 2.27. The fourth-order valence-corrected chi connectivity index (χ4v) is 4.01. The largest absolute Gasteiger partial charge is 0.385 e. The minimum Gasteiger partial charge on any atom is -0.385 e. The molecule has 0 bridgehead atoms. The van der Waals surface area contributed by atoms with Crippen LogP contribution in [0.5, 0.6) is 0 Å². The van der Waals surface area contributed by atoms with Gasteiger partial charge in [-0.05, 0) is 32.6 Å². The van der Waals surface area contributed by atoms with Crippen molar-refractivity contribution in [3.8, 4) is 0 Å². The first-order chi connectivity index (χ1) is 8.99. The maximum absolute atomic E-state index is 11.9. The second-order valence-electron chi connectivity index (χ2n) is 5.34. The lowest BCUT2D eigenvalue weighted by Crippen LogP contribution is -2.47. The molecule has 0 aromatic rings. The number of rotatable bonds is 8. The van der Waals surface area contributed by atoms with Gasteiger partial charge in [0.2, 0.25) is 10.0 Å². The molecule has 0 aromatic heterocycles. The van der Waals surface area contributed by atoms with Gasteiger partial charge in [-0.15, -0.1) is 0 Å². The summed E-state index contributed by atoms with van der Waals surface area (Å²) in [4.78, 5) is 0. The van der Waals surface area contributed by atoms with Crippen LogP contribution < -0.4 is 5.32 Å². The molecule has 1 aliphatic heterocycles.